The minimum absolute atomic E-state index is 0.452. The summed E-state index contributed by atoms with van der Waals surface area (Å²) < 4.78 is 3.19. The molecular weight excluding hydrogens is 339 g/mol. The SMILES string of the molecule is CC(C)NCc1ncnn1Cc1ccc(I)cc1. The third-order valence-electron chi connectivity index (χ3n) is 2.61. The van der Waals surface area contributed by atoms with Crippen molar-refractivity contribution in [2.45, 2.75) is 33.0 Å². The van der Waals surface area contributed by atoms with E-state index in [1.54, 1.807) is 6.33 Å². The first-order valence-corrected chi connectivity index (χ1v) is 7.07. The summed E-state index contributed by atoms with van der Waals surface area (Å²) in [6.07, 6.45) is 1.62. The number of halogens is 1. The molecule has 5 heteroatoms. The predicted molar refractivity (Wildman–Crippen MR) is 80.3 cm³/mol. The van der Waals surface area contributed by atoms with E-state index in [0.717, 1.165) is 18.9 Å². The van der Waals surface area contributed by atoms with E-state index in [1.807, 2.05) is 4.68 Å². The van der Waals surface area contributed by atoms with Gasteiger partial charge in [0.05, 0.1) is 13.1 Å². The normalized spacial score (nSPS) is 11.1. The molecule has 0 bridgehead atoms. The molecule has 0 unspecified atom stereocenters. The molecule has 2 aromatic rings. The van der Waals surface area contributed by atoms with Crippen LogP contribution in [-0.4, -0.2) is 20.8 Å². The van der Waals surface area contributed by atoms with Crippen LogP contribution in [0, 0.1) is 3.57 Å². The number of nitrogens with one attached hydrogen (secondary N) is 1. The Morgan fingerprint density at radius 1 is 1.28 bits per heavy atom. The van der Waals surface area contributed by atoms with Gasteiger partial charge in [0.15, 0.2) is 0 Å². The molecule has 0 fully saturated rings. The summed E-state index contributed by atoms with van der Waals surface area (Å²) in [6, 6.07) is 8.93. The Morgan fingerprint density at radius 2 is 2.00 bits per heavy atom. The zero-order valence-electron chi connectivity index (χ0n) is 10.6. The third-order valence-corrected chi connectivity index (χ3v) is 3.33. The monoisotopic (exact) mass is 356 g/mol. The lowest BCUT2D eigenvalue weighted by atomic mass is 10.2. The van der Waals surface area contributed by atoms with Crippen LogP contribution in [0.1, 0.15) is 25.2 Å². The van der Waals surface area contributed by atoms with Gasteiger partial charge in [0, 0.05) is 9.61 Å². The van der Waals surface area contributed by atoms with E-state index < -0.39 is 0 Å². The van der Waals surface area contributed by atoms with Crippen molar-refractivity contribution in [1.29, 1.82) is 0 Å². The zero-order valence-corrected chi connectivity index (χ0v) is 12.8. The average Bonchev–Trinajstić information content (AvgIpc) is 2.77. The van der Waals surface area contributed by atoms with E-state index >= 15 is 0 Å². The fraction of sp³-hybridized carbons (Fsp3) is 0.385. The highest BCUT2D eigenvalue weighted by atomic mass is 127. The fourth-order valence-corrected chi connectivity index (χ4v) is 1.97. The van der Waals surface area contributed by atoms with Crippen LogP contribution >= 0.6 is 22.6 Å². The lowest BCUT2D eigenvalue weighted by Crippen LogP contribution is -2.24. The maximum Gasteiger partial charge on any atom is 0.141 e. The third kappa shape index (κ3) is 3.78. The van der Waals surface area contributed by atoms with Gasteiger partial charge in [-0.05, 0) is 40.3 Å². The second-order valence-electron chi connectivity index (χ2n) is 4.50. The molecule has 1 N–H and O–H groups in total. The summed E-state index contributed by atoms with van der Waals surface area (Å²) in [5.41, 5.74) is 1.24. The van der Waals surface area contributed by atoms with E-state index in [1.165, 1.54) is 9.13 Å². The highest BCUT2D eigenvalue weighted by molar-refractivity contribution is 14.1. The second kappa shape index (κ2) is 6.29. The summed E-state index contributed by atoms with van der Waals surface area (Å²) in [7, 11) is 0. The standard InChI is InChI=1S/C13H17IN4/c1-10(2)15-7-13-16-9-17-18(13)8-11-3-5-12(14)6-4-11/h3-6,9-10,15H,7-8H2,1-2H3. The Balaban J connectivity index is 2.05. The molecule has 1 aromatic carbocycles. The van der Waals surface area contributed by atoms with Crippen molar-refractivity contribution in [2.24, 2.45) is 0 Å². The molecule has 0 radical (unpaired) electrons. The summed E-state index contributed by atoms with van der Waals surface area (Å²) in [5, 5.41) is 7.63. The number of benzene rings is 1. The van der Waals surface area contributed by atoms with Crippen molar-refractivity contribution in [2.75, 3.05) is 0 Å². The van der Waals surface area contributed by atoms with E-state index in [0.29, 0.717) is 6.04 Å². The van der Waals surface area contributed by atoms with Crippen LogP contribution in [0.5, 0.6) is 0 Å². The maximum absolute atomic E-state index is 4.29. The molecule has 0 amide bonds. The van der Waals surface area contributed by atoms with Crippen molar-refractivity contribution >= 4 is 22.6 Å². The number of hydrogen-bond acceptors (Lipinski definition) is 3. The van der Waals surface area contributed by atoms with Crippen molar-refractivity contribution in [3.8, 4) is 0 Å². The Hall–Kier alpha value is -0.950. The first-order valence-electron chi connectivity index (χ1n) is 5.99. The van der Waals surface area contributed by atoms with Crippen molar-refractivity contribution in [3.63, 3.8) is 0 Å². The molecule has 1 aromatic heterocycles. The smallest absolute Gasteiger partial charge is 0.141 e. The quantitative estimate of drug-likeness (QED) is 0.837. The molecule has 0 spiro atoms. The Labute approximate surface area is 121 Å². The van der Waals surface area contributed by atoms with Gasteiger partial charge in [-0.2, -0.15) is 5.10 Å². The maximum atomic E-state index is 4.29. The van der Waals surface area contributed by atoms with Crippen molar-refractivity contribution in [1.82, 2.24) is 20.1 Å². The van der Waals surface area contributed by atoms with Crippen LogP contribution in [-0.2, 0) is 13.1 Å². The number of rotatable bonds is 5. The van der Waals surface area contributed by atoms with Crippen LogP contribution < -0.4 is 5.32 Å². The largest absolute Gasteiger partial charge is 0.308 e. The highest BCUT2D eigenvalue weighted by Gasteiger charge is 2.05. The first kappa shape index (κ1) is 13.5. The van der Waals surface area contributed by atoms with Gasteiger partial charge in [0.1, 0.15) is 12.2 Å². The second-order valence-corrected chi connectivity index (χ2v) is 5.74. The van der Waals surface area contributed by atoms with Gasteiger partial charge in [0.2, 0.25) is 0 Å². The zero-order chi connectivity index (χ0) is 13.0. The molecule has 0 atom stereocenters. The Kier molecular flexibility index (Phi) is 4.71. The number of hydrogen-bond donors (Lipinski definition) is 1. The Morgan fingerprint density at radius 3 is 2.67 bits per heavy atom. The van der Waals surface area contributed by atoms with Gasteiger partial charge in [-0.15, -0.1) is 0 Å². The summed E-state index contributed by atoms with van der Waals surface area (Å²) in [4.78, 5) is 4.29. The first-order chi connectivity index (χ1) is 8.65. The van der Waals surface area contributed by atoms with Gasteiger partial charge in [-0.25, -0.2) is 9.67 Å². The fourth-order valence-electron chi connectivity index (χ4n) is 1.62. The van der Waals surface area contributed by atoms with E-state index in [4.69, 9.17) is 0 Å². The van der Waals surface area contributed by atoms with Crippen LogP contribution in [0.4, 0.5) is 0 Å². The van der Waals surface area contributed by atoms with Crippen molar-refractivity contribution in [3.05, 3.63) is 45.6 Å². The molecule has 0 saturated heterocycles. The molecule has 0 aliphatic carbocycles. The predicted octanol–water partition coefficient (Wildman–Crippen LogP) is 2.43. The van der Waals surface area contributed by atoms with Gasteiger partial charge in [0.25, 0.3) is 0 Å². The lowest BCUT2D eigenvalue weighted by molar-refractivity contribution is 0.539. The topological polar surface area (TPSA) is 42.7 Å². The van der Waals surface area contributed by atoms with Crippen LogP contribution in [0.15, 0.2) is 30.6 Å². The molecule has 96 valence electrons. The van der Waals surface area contributed by atoms with E-state index in [-0.39, 0.29) is 0 Å². The van der Waals surface area contributed by atoms with Gasteiger partial charge >= 0.3 is 0 Å². The summed E-state index contributed by atoms with van der Waals surface area (Å²) in [6.45, 7) is 5.77. The minimum Gasteiger partial charge on any atom is -0.308 e. The van der Waals surface area contributed by atoms with Crippen LogP contribution in [0.25, 0.3) is 0 Å². The molecule has 4 nitrogen and oxygen atoms in total. The van der Waals surface area contributed by atoms with Gasteiger partial charge < -0.3 is 5.32 Å². The molecular formula is C13H17IN4. The number of aromatic nitrogens is 3. The van der Waals surface area contributed by atoms with E-state index in [9.17, 15) is 0 Å². The molecule has 0 saturated carbocycles. The molecule has 2 rings (SSSR count). The summed E-state index contributed by atoms with van der Waals surface area (Å²) >= 11 is 2.31. The van der Waals surface area contributed by atoms with E-state index in [2.05, 4.69) is 76.1 Å². The van der Waals surface area contributed by atoms with Crippen LogP contribution in [0.3, 0.4) is 0 Å². The lowest BCUT2D eigenvalue weighted by Gasteiger charge is -2.09. The molecule has 0 aliphatic heterocycles. The molecule has 0 aliphatic rings. The molecule has 18 heavy (non-hydrogen) atoms. The highest BCUT2D eigenvalue weighted by Crippen LogP contribution is 2.08. The van der Waals surface area contributed by atoms with Crippen LogP contribution in [0.2, 0.25) is 0 Å². The average molecular weight is 356 g/mol. The number of nitrogens with zero attached hydrogens (tertiary/aromatic N) is 3. The van der Waals surface area contributed by atoms with Gasteiger partial charge in [-0.3, -0.25) is 0 Å². The van der Waals surface area contributed by atoms with Gasteiger partial charge in [-0.1, -0.05) is 26.0 Å². The Bertz CT molecular complexity index is 490. The minimum atomic E-state index is 0.452. The van der Waals surface area contributed by atoms with Crippen molar-refractivity contribution < 1.29 is 0 Å². The molecule has 1 heterocycles. The summed E-state index contributed by atoms with van der Waals surface area (Å²) in [5.74, 6) is 0.974.